The molecule has 5 rings (SSSR count). The van der Waals surface area contributed by atoms with Crippen LogP contribution in [0.25, 0.3) is 22.2 Å². The van der Waals surface area contributed by atoms with Gasteiger partial charge in [-0.05, 0) is 42.5 Å². The Kier molecular flexibility index (Phi) is 6.86. The third kappa shape index (κ3) is 4.65. The number of benzene rings is 2. The van der Waals surface area contributed by atoms with Gasteiger partial charge in [0.25, 0.3) is 0 Å². The molecule has 2 aromatic carbocycles. The molecule has 1 aliphatic rings. The van der Waals surface area contributed by atoms with Crippen molar-refractivity contribution in [1.82, 2.24) is 20.2 Å². The Bertz CT molecular complexity index is 1430. The summed E-state index contributed by atoms with van der Waals surface area (Å²) >= 11 is 6.31. The largest absolute Gasteiger partial charge is 0.382 e. The van der Waals surface area contributed by atoms with Gasteiger partial charge in [0.2, 0.25) is 0 Å². The minimum absolute atomic E-state index is 0.0345. The fourth-order valence-corrected chi connectivity index (χ4v) is 4.47. The van der Waals surface area contributed by atoms with Gasteiger partial charge in [-0.15, -0.1) is 5.10 Å². The average molecular weight is 508 g/mol. The highest BCUT2D eigenvalue weighted by Crippen LogP contribution is 2.36. The van der Waals surface area contributed by atoms with Gasteiger partial charge in [0.05, 0.1) is 30.1 Å². The van der Waals surface area contributed by atoms with E-state index < -0.39 is 11.9 Å². The molecule has 1 unspecified atom stereocenters. The Morgan fingerprint density at radius 1 is 1.14 bits per heavy atom. The van der Waals surface area contributed by atoms with Gasteiger partial charge < -0.3 is 14.7 Å². The Morgan fingerprint density at radius 2 is 1.94 bits per heavy atom. The number of morpholine rings is 1. The molecule has 1 aliphatic heterocycles. The first kappa shape index (κ1) is 24.2. The smallest absolute Gasteiger partial charge is 0.182 e. The molecule has 0 radical (unpaired) electrons. The summed E-state index contributed by atoms with van der Waals surface area (Å²) in [5.74, 6) is -0.735. The van der Waals surface area contributed by atoms with Gasteiger partial charge >= 0.3 is 0 Å². The molecule has 8 nitrogen and oxygen atoms in total. The number of ether oxygens (including phenoxy) is 1. The van der Waals surface area contributed by atoms with E-state index in [2.05, 4.69) is 25.1 Å². The number of fused-ring (bicyclic) bond motifs is 1. The highest BCUT2D eigenvalue weighted by molar-refractivity contribution is 6.31. The van der Waals surface area contributed by atoms with E-state index in [1.54, 1.807) is 6.92 Å². The lowest BCUT2D eigenvalue weighted by Gasteiger charge is -2.29. The molecule has 0 amide bonds. The van der Waals surface area contributed by atoms with Crippen molar-refractivity contribution in [3.05, 3.63) is 76.6 Å². The van der Waals surface area contributed by atoms with Crippen molar-refractivity contribution < 1.29 is 19.0 Å². The van der Waals surface area contributed by atoms with E-state index in [1.165, 1.54) is 24.5 Å². The average Bonchev–Trinajstić information content (AvgIpc) is 2.92. The number of hydrogen-bond acceptors (Lipinski definition) is 8. The molecule has 36 heavy (non-hydrogen) atoms. The second kappa shape index (κ2) is 10.2. The van der Waals surface area contributed by atoms with Crippen LogP contribution in [-0.4, -0.2) is 57.4 Å². The van der Waals surface area contributed by atoms with Crippen molar-refractivity contribution in [2.75, 3.05) is 31.2 Å². The number of anilines is 1. The molecule has 0 saturated carbocycles. The third-order valence-electron chi connectivity index (χ3n) is 6.20. The van der Waals surface area contributed by atoms with Gasteiger partial charge in [0.15, 0.2) is 5.78 Å². The summed E-state index contributed by atoms with van der Waals surface area (Å²) in [5, 5.41) is 19.6. The molecule has 0 bridgehead atoms. The first-order valence-electron chi connectivity index (χ1n) is 11.6. The van der Waals surface area contributed by atoms with Gasteiger partial charge in [-0.2, -0.15) is 5.10 Å². The summed E-state index contributed by atoms with van der Waals surface area (Å²) in [6.07, 6.45) is 0.404. The molecule has 2 aromatic heterocycles. The number of carbonyl (C=O) groups is 1. The molecule has 0 aliphatic carbocycles. The Morgan fingerprint density at radius 3 is 2.67 bits per heavy atom. The first-order chi connectivity index (χ1) is 17.5. The molecule has 1 fully saturated rings. The molecule has 184 valence electrons. The van der Waals surface area contributed by atoms with Crippen molar-refractivity contribution in [1.29, 1.82) is 0 Å². The fourth-order valence-electron chi connectivity index (χ4n) is 4.21. The summed E-state index contributed by atoms with van der Waals surface area (Å²) in [6.45, 7) is 4.62. The molecular formula is C26H23ClFN5O3. The van der Waals surface area contributed by atoms with Crippen LogP contribution in [0.2, 0.25) is 5.02 Å². The maximum absolute atomic E-state index is 15.1. The van der Waals surface area contributed by atoms with E-state index in [1.807, 2.05) is 18.2 Å². The maximum atomic E-state index is 15.1. The van der Waals surface area contributed by atoms with Crippen molar-refractivity contribution in [2.24, 2.45) is 0 Å². The molecule has 1 N–H and O–H groups in total. The van der Waals surface area contributed by atoms with E-state index in [0.717, 1.165) is 24.8 Å². The second-order valence-corrected chi connectivity index (χ2v) is 8.81. The van der Waals surface area contributed by atoms with E-state index in [0.29, 0.717) is 36.2 Å². The zero-order valence-corrected chi connectivity index (χ0v) is 20.2. The van der Waals surface area contributed by atoms with Gasteiger partial charge in [-0.25, -0.2) is 14.4 Å². The highest BCUT2D eigenvalue weighted by Gasteiger charge is 2.22. The van der Waals surface area contributed by atoms with Crippen LogP contribution in [0.3, 0.4) is 0 Å². The standard InChI is InChI=1S/C26H23ClFN5O3/c1-2-24(34)21-5-6-22(32-31-21)26(35)17-12-18(20(28)13-19(17)27)25-16-4-3-15(11-23(16)29-14-30-25)33-7-9-36-10-8-33/h3-6,11-14,26,35H,2,7-10H2,1H3. The van der Waals surface area contributed by atoms with Crippen LogP contribution in [0.1, 0.15) is 41.2 Å². The van der Waals surface area contributed by atoms with Crippen LogP contribution in [0.4, 0.5) is 10.1 Å². The Labute approximate surface area is 211 Å². The van der Waals surface area contributed by atoms with Crippen molar-refractivity contribution in [3.8, 4) is 11.3 Å². The van der Waals surface area contributed by atoms with Crippen LogP contribution in [0, 0.1) is 5.82 Å². The summed E-state index contributed by atoms with van der Waals surface area (Å²) in [4.78, 5) is 22.8. The third-order valence-corrected chi connectivity index (χ3v) is 6.53. The first-order valence-corrected chi connectivity index (χ1v) is 12.0. The number of ketones is 1. The summed E-state index contributed by atoms with van der Waals surface area (Å²) < 4.78 is 20.6. The number of carbonyl (C=O) groups excluding carboxylic acids is 1. The van der Waals surface area contributed by atoms with Crippen LogP contribution in [0.15, 0.2) is 48.8 Å². The number of halogens is 2. The van der Waals surface area contributed by atoms with E-state index >= 15 is 4.39 Å². The van der Waals surface area contributed by atoms with Gasteiger partial charge in [0, 0.05) is 46.7 Å². The highest BCUT2D eigenvalue weighted by atomic mass is 35.5. The Balaban J connectivity index is 1.53. The Hall–Kier alpha value is -3.53. The van der Waals surface area contributed by atoms with E-state index in [4.69, 9.17) is 16.3 Å². The SMILES string of the molecule is CCC(=O)c1ccc(C(O)c2cc(-c3ncnc4cc(N5CCOCC5)ccc34)c(F)cc2Cl)nn1. The zero-order valence-electron chi connectivity index (χ0n) is 19.5. The van der Waals surface area contributed by atoms with Crippen LogP contribution < -0.4 is 4.90 Å². The summed E-state index contributed by atoms with van der Waals surface area (Å²) in [5.41, 5.74) is 2.87. The molecule has 0 spiro atoms. The zero-order chi connectivity index (χ0) is 25.2. The lowest BCUT2D eigenvalue weighted by Crippen LogP contribution is -2.36. The van der Waals surface area contributed by atoms with Crippen molar-refractivity contribution >= 4 is 34.0 Å². The number of nitrogens with zero attached hydrogens (tertiary/aromatic N) is 5. The molecule has 10 heteroatoms. The second-order valence-electron chi connectivity index (χ2n) is 8.40. The van der Waals surface area contributed by atoms with E-state index in [-0.39, 0.29) is 33.3 Å². The number of rotatable bonds is 6. The number of hydrogen-bond donors (Lipinski definition) is 1. The topological polar surface area (TPSA) is 101 Å². The predicted octanol–water partition coefficient (Wildman–Crippen LogP) is 4.39. The van der Waals surface area contributed by atoms with Gasteiger partial charge in [-0.3, -0.25) is 4.79 Å². The number of aliphatic hydroxyl groups excluding tert-OH is 1. The summed E-state index contributed by atoms with van der Waals surface area (Å²) in [6, 6.07) is 11.4. The maximum Gasteiger partial charge on any atom is 0.182 e. The van der Waals surface area contributed by atoms with Crippen molar-refractivity contribution in [3.63, 3.8) is 0 Å². The normalized spacial score (nSPS) is 14.7. The molecule has 3 heterocycles. The van der Waals surface area contributed by atoms with Crippen LogP contribution in [0.5, 0.6) is 0 Å². The number of aromatic nitrogens is 4. The monoisotopic (exact) mass is 507 g/mol. The lowest BCUT2D eigenvalue weighted by atomic mass is 9.99. The summed E-state index contributed by atoms with van der Waals surface area (Å²) in [7, 11) is 0. The minimum atomic E-state index is -1.28. The van der Waals surface area contributed by atoms with Crippen LogP contribution >= 0.6 is 11.6 Å². The molecular weight excluding hydrogens is 485 g/mol. The van der Waals surface area contributed by atoms with Gasteiger partial charge in [0.1, 0.15) is 23.9 Å². The lowest BCUT2D eigenvalue weighted by molar-refractivity contribution is 0.0981. The number of Topliss-reactive ketones (excluding diaryl/α,β-unsaturated/α-hetero) is 1. The molecule has 1 atom stereocenters. The predicted molar refractivity (Wildman–Crippen MR) is 134 cm³/mol. The quantitative estimate of drug-likeness (QED) is 0.383. The fraction of sp³-hybridized carbons (Fsp3) is 0.269. The number of aliphatic hydroxyl groups is 1. The molecule has 4 aromatic rings. The van der Waals surface area contributed by atoms with Crippen LogP contribution in [-0.2, 0) is 4.74 Å². The van der Waals surface area contributed by atoms with Crippen molar-refractivity contribution in [2.45, 2.75) is 19.4 Å². The van der Waals surface area contributed by atoms with E-state index in [9.17, 15) is 9.90 Å². The van der Waals surface area contributed by atoms with Gasteiger partial charge in [-0.1, -0.05) is 18.5 Å². The molecule has 1 saturated heterocycles. The minimum Gasteiger partial charge on any atom is -0.382 e.